The maximum Gasteiger partial charge on any atom is 0.251 e. The van der Waals surface area contributed by atoms with Crippen LogP contribution in [0.1, 0.15) is 36.2 Å². The van der Waals surface area contributed by atoms with Crippen LogP contribution in [-0.2, 0) is 0 Å². The SMILES string of the molecule is Cc1c(O)cccc1C(=O)NCC(O)CC(C)C. The van der Waals surface area contributed by atoms with E-state index >= 15 is 0 Å². The zero-order valence-electron chi connectivity index (χ0n) is 11.1. The van der Waals surface area contributed by atoms with Gasteiger partial charge >= 0.3 is 0 Å². The third-order valence-corrected chi connectivity index (χ3v) is 2.79. The van der Waals surface area contributed by atoms with E-state index in [1.165, 1.54) is 0 Å². The van der Waals surface area contributed by atoms with Crippen molar-refractivity contribution >= 4 is 5.91 Å². The number of aliphatic hydroxyl groups excluding tert-OH is 1. The molecule has 0 saturated heterocycles. The van der Waals surface area contributed by atoms with Crippen molar-refractivity contribution in [2.45, 2.75) is 33.3 Å². The quantitative estimate of drug-likeness (QED) is 0.748. The van der Waals surface area contributed by atoms with Gasteiger partial charge in [-0.3, -0.25) is 4.79 Å². The average Bonchev–Trinajstić information content (AvgIpc) is 2.29. The molecule has 4 heteroatoms. The Labute approximate surface area is 108 Å². The van der Waals surface area contributed by atoms with Gasteiger partial charge in [-0.2, -0.15) is 0 Å². The molecule has 1 atom stereocenters. The highest BCUT2D eigenvalue weighted by atomic mass is 16.3. The van der Waals surface area contributed by atoms with Crippen LogP contribution in [0.5, 0.6) is 5.75 Å². The molecular formula is C14H21NO3. The molecule has 1 aromatic rings. The summed E-state index contributed by atoms with van der Waals surface area (Å²) >= 11 is 0. The summed E-state index contributed by atoms with van der Waals surface area (Å²) in [5, 5.41) is 21.9. The van der Waals surface area contributed by atoms with Gasteiger partial charge in [-0.1, -0.05) is 19.9 Å². The van der Waals surface area contributed by atoms with Crippen molar-refractivity contribution < 1.29 is 15.0 Å². The Bertz CT molecular complexity index is 416. The monoisotopic (exact) mass is 251 g/mol. The van der Waals surface area contributed by atoms with Gasteiger partial charge in [0.05, 0.1) is 6.10 Å². The standard InChI is InChI=1S/C14H21NO3/c1-9(2)7-11(16)8-15-14(18)12-5-4-6-13(17)10(12)3/h4-6,9,11,16-17H,7-8H2,1-3H3,(H,15,18). The third kappa shape index (κ3) is 4.04. The Kier molecular flexibility index (Phi) is 5.16. The van der Waals surface area contributed by atoms with Gasteiger partial charge in [0.15, 0.2) is 0 Å². The van der Waals surface area contributed by atoms with Gasteiger partial charge in [-0.15, -0.1) is 0 Å². The van der Waals surface area contributed by atoms with E-state index in [-0.39, 0.29) is 18.2 Å². The van der Waals surface area contributed by atoms with Crippen LogP contribution in [0.2, 0.25) is 0 Å². The molecule has 0 fully saturated rings. The minimum Gasteiger partial charge on any atom is -0.508 e. The molecule has 1 aromatic carbocycles. The molecule has 0 saturated carbocycles. The summed E-state index contributed by atoms with van der Waals surface area (Å²) in [4.78, 5) is 11.9. The molecule has 0 aliphatic heterocycles. The molecule has 18 heavy (non-hydrogen) atoms. The Balaban J connectivity index is 2.58. The first-order valence-electron chi connectivity index (χ1n) is 6.16. The van der Waals surface area contributed by atoms with Gasteiger partial charge in [0.1, 0.15) is 5.75 Å². The Morgan fingerprint density at radius 1 is 1.39 bits per heavy atom. The first kappa shape index (κ1) is 14.5. The molecule has 100 valence electrons. The number of nitrogens with one attached hydrogen (secondary N) is 1. The van der Waals surface area contributed by atoms with Crippen molar-refractivity contribution in [1.82, 2.24) is 5.32 Å². The smallest absolute Gasteiger partial charge is 0.251 e. The zero-order chi connectivity index (χ0) is 13.7. The van der Waals surface area contributed by atoms with Crippen LogP contribution in [0.25, 0.3) is 0 Å². The second kappa shape index (κ2) is 6.40. The average molecular weight is 251 g/mol. The lowest BCUT2D eigenvalue weighted by atomic mass is 10.1. The van der Waals surface area contributed by atoms with Crippen LogP contribution >= 0.6 is 0 Å². The molecule has 3 N–H and O–H groups in total. The van der Waals surface area contributed by atoms with E-state index in [1.54, 1.807) is 25.1 Å². The number of carbonyl (C=O) groups excluding carboxylic acids is 1. The predicted molar refractivity (Wildman–Crippen MR) is 70.6 cm³/mol. The van der Waals surface area contributed by atoms with Crippen LogP contribution < -0.4 is 5.32 Å². The van der Waals surface area contributed by atoms with E-state index in [9.17, 15) is 15.0 Å². The van der Waals surface area contributed by atoms with Crippen LogP contribution in [0.15, 0.2) is 18.2 Å². The lowest BCUT2D eigenvalue weighted by Crippen LogP contribution is -2.33. The number of aromatic hydroxyl groups is 1. The molecule has 1 rings (SSSR count). The number of phenolic OH excluding ortho intramolecular Hbond substituents is 1. The summed E-state index contributed by atoms with van der Waals surface area (Å²) in [7, 11) is 0. The first-order valence-corrected chi connectivity index (χ1v) is 6.16. The second-order valence-corrected chi connectivity index (χ2v) is 4.94. The zero-order valence-corrected chi connectivity index (χ0v) is 11.1. The first-order chi connectivity index (χ1) is 8.41. The summed E-state index contributed by atoms with van der Waals surface area (Å²) in [6.07, 6.45) is 0.116. The fourth-order valence-electron chi connectivity index (χ4n) is 1.80. The summed E-state index contributed by atoms with van der Waals surface area (Å²) in [6, 6.07) is 4.82. The maximum atomic E-state index is 11.9. The molecule has 0 heterocycles. The van der Waals surface area contributed by atoms with Crippen LogP contribution in [0.3, 0.4) is 0 Å². The third-order valence-electron chi connectivity index (χ3n) is 2.79. The van der Waals surface area contributed by atoms with E-state index in [0.29, 0.717) is 23.5 Å². The fourth-order valence-corrected chi connectivity index (χ4v) is 1.80. The predicted octanol–water partition coefficient (Wildman–Crippen LogP) is 1.84. The Hall–Kier alpha value is -1.55. The van der Waals surface area contributed by atoms with Gasteiger partial charge in [0.25, 0.3) is 5.91 Å². The molecular weight excluding hydrogens is 230 g/mol. The lowest BCUT2D eigenvalue weighted by molar-refractivity contribution is 0.0899. The largest absolute Gasteiger partial charge is 0.508 e. The van der Waals surface area contributed by atoms with Crippen molar-refractivity contribution in [3.63, 3.8) is 0 Å². The fraction of sp³-hybridized carbons (Fsp3) is 0.500. The molecule has 0 aliphatic carbocycles. The van der Waals surface area contributed by atoms with Gasteiger partial charge < -0.3 is 15.5 Å². The summed E-state index contributed by atoms with van der Waals surface area (Å²) in [5.41, 5.74) is 0.986. The number of benzene rings is 1. The molecule has 1 unspecified atom stereocenters. The molecule has 0 spiro atoms. The van der Waals surface area contributed by atoms with Crippen LogP contribution in [-0.4, -0.2) is 28.8 Å². The molecule has 1 amide bonds. The van der Waals surface area contributed by atoms with Gasteiger partial charge in [0.2, 0.25) is 0 Å². The number of carbonyl (C=O) groups is 1. The highest BCUT2D eigenvalue weighted by molar-refractivity contribution is 5.96. The normalized spacial score (nSPS) is 12.5. The number of hydrogen-bond donors (Lipinski definition) is 3. The van der Waals surface area contributed by atoms with Crippen molar-refractivity contribution in [2.24, 2.45) is 5.92 Å². The molecule has 0 bridgehead atoms. The van der Waals surface area contributed by atoms with Gasteiger partial charge in [-0.25, -0.2) is 0 Å². The lowest BCUT2D eigenvalue weighted by Gasteiger charge is -2.14. The van der Waals surface area contributed by atoms with E-state index in [4.69, 9.17) is 0 Å². The van der Waals surface area contributed by atoms with Gasteiger partial charge in [0, 0.05) is 17.7 Å². The number of hydrogen-bond acceptors (Lipinski definition) is 3. The van der Waals surface area contributed by atoms with E-state index in [1.807, 2.05) is 13.8 Å². The van der Waals surface area contributed by atoms with E-state index in [0.717, 1.165) is 0 Å². The molecule has 0 aromatic heterocycles. The number of rotatable bonds is 5. The highest BCUT2D eigenvalue weighted by Crippen LogP contribution is 2.19. The molecule has 0 aliphatic rings. The van der Waals surface area contributed by atoms with Crippen LogP contribution in [0.4, 0.5) is 0 Å². The second-order valence-electron chi connectivity index (χ2n) is 4.94. The summed E-state index contributed by atoms with van der Waals surface area (Å²) in [6.45, 7) is 5.95. The highest BCUT2D eigenvalue weighted by Gasteiger charge is 2.13. The van der Waals surface area contributed by atoms with Gasteiger partial charge in [-0.05, 0) is 31.4 Å². The molecule has 4 nitrogen and oxygen atoms in total. The number of aliphatic hydroxyl groups is 1. The van der Waals surface area contributed by atoms with Crippen molar-refractivity contribution in [3.05, 3.63) is 29.3 Å². The topological polar surface area (TPSA) is 69.6 Å². The van der Waals surface area contributed by atoms with E-state index in [2.05, 4.69) is 5.32 Å². The molecule has 0 radical (unpaired) electrons. The number of phenols is 1. The number of amides is 1. The van der Waals surface area contributed by atoms with Crippen molar-refractivity contribution in [1.29, 1.82) is 0 Å². The maximum absolute atomic E-state index is 11.9. The van der Waals surface area contributed by atoms with Crippen molar-refractivity contribution in [3.8, 4) is 5.75 Å². The summed E-state index contributed by atoms with van der Waals surface area (Å²) < 4.78 is 0. The summed E-state index contributed by atoms with van der Waals surface area (Å²) in [5.74, 6) is 0.219. The Morgan fingerprint density at radius 2 is 2.06 bits per heavy atom. The van der Waals surface area contributed by atoms with E-state index < -0.39 is 6.10 Å². The minimum absolute atomic E-state index is 0.102. The van der Waals surface area contributed by atoms with Crippen molar-refractivity contribution in [2.75, 3.05) is 6.54 Å². The minimum atomic E-state index is -0.536. The van der Waals surface area contributed by atoms with Crippen LogP contribution in [0, 0.1) is 12.8 Å². The Morgan fingerprint density at radius 3 is 2.67 bits per heavy atom.